The second-order valence-electron chi connectivity index (χ2n) is 6.25. The average molecular weight is 384 g/mol. The largest absolute Gasteiger partial charge is 0.416 e. The summed E-state index contributed by atoms with van der Waals surface area (Å²) in [5.41, 5.74) is -0.318. The first-order valence-corrected chi connectivity index (χ1v) is 8.37. The quantitative estimate of drug-likeness (QED) is 0.786. The zero-order valence-corrected chi connectivity index (χ0v) is 14.7. The van der Waals surface area contributed by atoms with E-state index in [4.69, 9.17) is 9.26 Å². The molecule has 0 N–H and O–H groups in total. The lowest BCUT2D eigenvalue weighted by molar-refractivity contribution is -0.137. The van der Waals surface area contributed by atoms with Crippen molar-refractivity contribution in [3.63, 3.8) is 0 Å². The minimum absolute atomic E-state index is 0.0109. The average Bonchev–Trinajstić information content (AvgIpc) is 3.10. The minimum atomic E-state index is -4.39. The van der Waals surface area contributed by atoms with Gasteiger partial charge in [-0.25, -0.2) is 0 Å². The van der Waals surface area contributed by atoms with Crippen LogP contribution < -0.4 is 0 Å². The van der Waals surface area contributed by atoms with Gasteiger partial charge in [0, 0.05) is 18.7 Å². The molecule has 1 aliphatic rings. The molecule has 2 aromatic rings. The van der Waals surface area contributed by atoms with Gasteiger partial charge in [-0.2, -0.15) is 18.2 Å². The van der Waals surface area contributed by atoms with Gasteiger partial charge in [-0.3, -0.25) is 9.69 Å². The van der Waals surface area contributed by atoms with Gasteiger partial charge < -0.3 is 14.2 Å². The van der Waals surface area contributed by atoms with Crippen molar-refractivity contribution < 1.29 is 27.2 Å². The van der Waals surface area contributed by atoms with E-state index in [-0.39, 0.29) is 30.7 Å². The summed E-state index contributed by atoms with van der Waals surface area (Å²) < 4.78 is 48.2. The van der Waals surface area contributed by atoms with E-state index >= 15 is 0 Å². The van der Waals surface area contributed by atoms with Crippen LogP contribution in [0.25, 0.3) is 11.4 Å². The Morgan fingerprint density at radius 2 is 1.89 bits per heavy atom. The molecule has 1 fully saturated rings. The lowest BCUT2D eigenvalue weighted by Crippen LogP contribution is -2.44. The fraction of sp³-hybridized carbons (Fsp3) is 0.471. The van der Waals surface area contributed by atoms with E-state index in [0.717, 1.165) is 12.1 Å². The molecule has 0 unspecified atom stereocenters. The number of amides is 1. The lowest BCUT2D eigenvalue weighted by Gasteiger charge is -2.28. The highest BCUT2D eigenvalue weighted by molar-refractivity contribution is 5.78. The smallest absolute Gasteiger partial charge is 0.378 e. The van der Waals surface area contributed by atoms with Gasteiger partial charge in [0.05, 0.1) is 31.9 Å². The van der Waals surface area contributed by atoms with E-state index in [1.54, 1.807) is 16.8 Å². The number of halogens is 3. The molecule has 10 heteroatoms. The summed E-state index contributed by atoms with van der Waals surface area (Å²) >= 11 is 0. The molecule has 0 spiro atoms. The molecule has 0 saturated carbocycles. The van der Waals surface area contributed by atoms with Crippen LogP contribution in [0.3, 0.4) is 0 Å². The van der Waals surface area contributed by atoms with Crippen molar-refractivity contribution in [2.45, 2.75) is 12.7 Å². The van der Waals surface area contributed by atoms with Crippen LogP contribution >= 0.6 is 0 Å². The van der Waals surface area contributed by atoms with Crippen LogP contribution in [0.1, 0.15) is 11.5 Å². The number of carbonyl (C=O) groups is 1. The summed E-state index contributed by atoms with van der Waals surface area (Å²) in [4.78, 5) is 19.9. The normalized spacial score (nSPS) is 15.4. The first-order valence-electron chi connectivity index (χ1n) is 8.37. The van der Waals surface area contributed by atoms with Crippen LogP contribution in [0, 0.1) is 0 Å². The van der Waals surface area contributed by atoms with Gasteiger partial charge in [0.1, 0.15) is 0 Å². The SMILES string of the molecule is CN(CC(=O)N1CCOCC1)Cc1nc(-c2ccc(C(F)(F)F)cc2)no1. The monoisotopic (exact) mass is 384 g/mol. The second-order valence-corrected chi connectivity index (χ2v) is 6.25. The Labute approximate surface area is 153 Å². The van der Waals surface area contributed by atoms with Crippen LogP contribution in [0.2, 0.25) is 0 Å². The number of alkyl halides is 3. The van der Waals surface area contributed by atoms with Gasteiger partial charge in [-0.1, -0.05) is 17.3 Å². The van der Waals surface area contributed by atoms with Gasteiger partial charge in [0.25, 0.3) is 0 Å². The predicted octanol–water partition coefficient (Wildman–Crippen LogP) is 2.05. The number of carbonyl (C=O) groups excluding carboxylic acids is 1. The van der Waals surface area contributed by atoms with Gasteiger partial charge in [-0.05, 0) is 19.2 Å². The topological polar surface area (TPSA) is 71.7 Å². The van der Waals surface area contributed by atoms with Crippen molar-refractivity contribution in [1.82, 2.24) is 19.9 Å². The zero-order chi connectivity index (χ0) is 19.4. The van der Waals surface area contributed by atoms with Gasteiger partial charge in [0.15, 0.2) is 0 Å². The van der Waals surface area contributed by atoms with Crippen molar-refractivity contribution in [3.8, 4) is 11.4 Å². The Morgan fingerprint density at radius 3 is 2.52 bits per heavy atom. The number of likely N-dealkylation sites (N-methyl/N-ethyl adjacent to an activating group) is 1. The molecule has 0 atom stereocenters. The predicted molar refractivity (Wildman–Crippen MR) is 88.5 cm³/mol. The number of hydrogen-bond donors (Lipinski definition) is 0. The number of morpholine rings is 1. The molecule has 0 radical (unpaired) electrons. The van der Waals surface area contributed by atoms with Crippen molar-refractivity contribution in [2.75, 3.05) is 39.9 Å². The molecule has 1 aromatic heterocycles. The van der Waals surface area contributed by atoms with Gasteiger partial charge in [-0.15, -0.1) is 0 Å². The van der Waals surface area contributed by atoms with E-state index in [0.29, 0.717) is 31.9 Å². The summed E-state index contributed by atoms with van der Waals surface area (Å²) in [6.07, 6.45) is -4.39. The number of aromatic nitrogens is 2. The Morgan fingerprint density at radius 1 is 1.22 bits per heavy atom. The molecule has 146 valence electrons. The number of hydrogen-bond acceptors (Lipinski definition) is 6. The van der Waals surface area contributed by atoms with Crippen molar-refractivity contribution >= 4 is 5.91 Å². The highest BCUT2D eigenvalue weighted by Crippen LogP contribution is 2.30. The molecule has 1 amide bonds. The Kier molecular flexibility index (Phi) is 5.76. The van der Waals surface area contributed by atoms with E-state index in [1.165, 1.54) is 12.1 Å². The van der Waals surface area contributed by atoms with Crippen LogP contribution in [0.15, 0.2) is 28.8 Å². The molecule has 0 bridgehead atoms. The number of rotatable bonds is 5. The highest BCUT2D eigenvalue weighted by atomic mass is 19.4. The maximum atomic E-state index is 12.6. The summed E-state index contributed by atoms with van der Waals surface area (Å²) in [7, 11) is 1.75. The molecular weight excluding hydrogens is 365 g/mol. The number of ether oxygens (including phenoxy) is 1. The first-order chi connectivity index (χ1) is 12.8. The maximum Gasteiger partial charge on any atom is 0.416 e. The third kappa shape index (κ3) is 5.04. The number of nitrogens with zero attached hydrogens (tertiary/aromatic N) is 4. The summed E-state index contributed by atoms with van der Waals surface area (Å²) in [6, 6.07) is 4.53. The second kappa shape index (κ2) is 8.05. The van der Waals surface area contributed by atoms with E-state index in [2.05, 4.69) is 10.1 Å². The zero-order valence-electron chi connectivity index (χ0n) is 14.7. The van der Waals surface area contributed by atoms with Crippen molar-refractivity contribution in [1.29, 1.82) is 0 Å². The van der Waals surface area contributed by atoms with E-state index < -0.39 is 11.7 Å². The Bertz CT molecular complexity index is 770. The first kappa shape index (κ1) is 19.3. The lowest BCUT2D eigenvalue weighted by atomic mass is 10.1. The third-order valence-electron chi connectivity index (χ3n) is 4.11. The van der Waals surface area contributed by atoms with Crippen LogP contribution in [0.5, 0.6) is 0 Å². The molecule has 7 nitrogen and oxygen atoms in total. The molecule has 1 saturated heterocycles. The fourth-order valence-electron chi connectivity index (χ4n) is 2.68. The standard InChI is InChI=1S/C17H19F3N4O3/c1-23(11-15(25)24-6-8-26-9-7-24)10-14-21-16(22-27-14)12-2-4-13(5-3-12)17(18,19)20/h2-5H,6-11H2,1H3. The maximum absolute atomic E-state index is 12.6. The van der Waals surface area contributed by atoms with Gasteiger partial charge in [0.2, 0.25) is 17.6 Å². The molecule has 1 aromatic carbocycles. The van der Waals surface area contributed by atoms with Crippen molar-refractivity contribution in [3.05, 3.63) is 35.7 Å². The highest BCUT2D eigenvalue weighted by Gasteiger charge is 2.30. The van der Waals surface area contributed by atoms with Crippen LogP contribution in [-0.2, 0) is 22.3 Å². The van der Waals surface area contributed by atoms with E-state index in [9.17, 15) is 18.0 Å². The van der Waals surface area contributed by atoms with Gasteiger partial charge >= 0.3 is 6.18 Å². The molecule has 0 aliphatic carbocycles. The number of benzene rings is 1. The van der Waals surface area contributed by atoms with E-state index in [1.807, 2.05) is 0 Å². The van der Waals surface area contributed by atoms with Crippen LogP contribution in [0.4, 0.5) is 13.2 Å². The Hall–Kier alpha value is -2.46. The Balaban J connectivity index is 1.58. The summed E-state index contributed by atoms with van der Waals surface area (Å²) in [6.45, 7) is 2.67. The summed E-state index contributed by atoms with van der Waals surface area (Å²) in [5, 5.41) is 3.79. The minimum Gasteiger partial charge on any atom is -0.378 e. The third-order valence-corrected chi connectivity index (χ3v) is 4.11. The molecule has 1 aliphatic heterocycles. The molecule has 2 heterocycles. The summed E-state index contributed by atoms with van der Waals surface area (Å²) in [5.74, 6) is 0.470. The molecule has 27 heavy (non-hydrogen) atoms. The molecule has 3 rings (SSSR count). The van der Waals surface area contributed by atoms with Crippen molar-refractivity contribution in [2.24, 2.45) is 0 Å². The molecular formula is C17H19F3N4O3. The van der Waals surface area contributed by atoms with Crippen LogP contribution in [-0.4, -0.2) is 65.7 Å². The fourth-order valence-corrected chi connectivity index (χ4v) is 2.68.